The summed E-state index contributed by atoms with van der Waals surface area (Å²) in [5.41, 5.74) is 6.91. The predicted octanol–water partition coefficient (Wildman–Crippen LogP) is 1.75. The molecule has 11 heteroatoms. The van der Waals surface area contributed by atoms with Crippen LogP contribution in [0.25, 0.3) is 0 Å². The summed E-state index contributed by atoms with van der Waals surface area (Å²) in [5.74, 6) is -0.637. The van der Waals surface area contributed by atoms with Gasteiger partial charge in [0, 0.05) is 37.1 Å². The van der Waals surface area contributed by atoms with Crippen LogP contribution in [-0.4, -0.2) is 81.5 Å². The molecule has 0 saturated heterocycles. The molecule has 0 spiro atoms. The van der Waals surface area contributed by atoms with Crippen molar-refractivity contribution in [1.82, 2.24) is 10.6 Å². The standard InChI is InChI=1S/C26H45N3O6S2/c1-6-19(4)23(28-15-21(27)17-36)16-34-24(14-20-10-8-7-9-11-20)25(30)29-22(12-13-37(5,32)33)26(31)35-18(2)3/h7-11,18-19,21-24,28,36H,6,12-17,27H2,1-5H3,(H,29,30)/t19-,21?,22+,23?,24?/m0/s1. The first-order valence-electron chi connectivity index (χ1n) is 12.8. The maximum Gasteiger partial charge on any atom is 0.328 e. The fraction of sp³-hybridized carbons (Fsp3) is 0.692. The average molecular weight is 560 g/mol. The van der Waals surface area contributed by atoms with Gasteiger partial charge < -0.3 is 25.8 Å². The molecule has 5 atom stereocenters. The molecule has 37 heavy (non-hydrogen) atoms. The number of benzene rings is 1. The van der Waals surface area contributed by atoms with E-state index in [4.69, 9.17) is 15.2 Å². The van der Waals surface area contributed by atoms with Crippen LogP contribution in [0.5, 0.6) is 0 Å². The molecule has 1 amide bonds. The molecule has 1 aromatic rings. The Bertz CT molecular complexity index is 914. The molecule has 3 unspecified atom stereocenters. The first-order chi connectivity index (χ1) is 17.4. The second-order valence-electron chi connectivity index (χ2n) is 9.82. The number of carbonyl (C=O) groups is 2. The molecule has 0 aliphatic rings. The van der Waals surface area contributed by atoms with Gasteiger partial charge in [-0.15, -0.1) is 0 Å². The molecule has 1 aromatic carbocycles. The summed E-state index contributed by atoms with van der Waals surface area (Å²) >= 11 is 4.24. The van der Waals surface area contributed by atoms with Crippen molar-refractivity contribution in [2.45, 2.75) is 77.3 Å². The summed E-state index contributed by atoms with van der Waals surface area (Å²) in [4.78, 5) is 26.1. The fourth-order valence-corrected chi connectivity index (χ4v) is 4.30. The van der Waals surface area contributed by atoms with Crippen LogP contribution in [0.3, 0.4) is 0 Å². The van der Waals surface area contributed by atoms with E-state index in [1.807, 2.05) is 30.3 Å². The molecule has 0 saturated carbocycles. The lowest BCUT2D eigenvalue weighted by atomic mass is 9.99. The van der Waals surface area contributed by atoms with Gasteiger partial charge in [0.15, 0.2) is 0 Å². The van der Waals surface area contributed by atoms with E-state index in [-0.39, 0.29) is 43.2 Å². The van der Waals surface area contributed by atoms with E-state index in [0.29, 0.717) is 12.3 Å². The molecule has 0 aromatic heterocycles. The van der Waals surface area contributed by atoms with Gasteiger partial charge in [-0.2, -0.15) is 12.6 Å². The number of nitrogens with two attached hydrogens (primary N) is 1. The molecule has 0 fully saturated rings. The van der Waals surface area contributed by atoms with Gasteiger partial charge >= 0.3 is 5.97 Å². The van der Waals surface area contributed by atoms with E-state index in [1.165, 1.54) is 0 Å². The Morgan fingerprint density at radius 3 is 2.32 bits per heavy atom. The smallest absolute Gasteiger partial charge is 0.328 e. The van der Waals surface area contributed by atoms with E-state index in [9.17, 15) is 18.0 Å². The quantitative estimate of drug-likeness (QED) is 0.158. The third-order valence-corrected chi connectivity index (χ3v) is 7.42. The van der Waals surface area contributed by atoms with Crippen LogP contribution in [0.4, 0.5) is 0 Å². The van der Waals surface area contributed by atoms with Crippen molar-refractivity contribution in [3.05, 3.63) is 35.9 Å². The number of rotatable bonds is 18. The van der Waals surface area contributed by atoms with Crippen molar-refractivity contribution >= 4 is 34.3 Å². The second kappa shape index (κ2) is 17.0. The highest BCUT2D eigenvalue weighted by molar-refractivity contribution is 7.90. The number of hydrogen-bond donors (Lipinski definition) is 4. The number of sulfone groups is 1. The first kappa shape index (κ1) is 33.4. The van der Waals surface area contributed by atoms with Crippen LogP contribution in [0.15, 0.2) is 30.3 Å². The fourth-order valence-electron chi connectivity index (χ4n) is 3.51. The van der Waals surface area contributed by atoms with Crippen molar-refractivity contribution in [2.24, 2.45) is 11.7 Å². The van der Waals surface area contributed by atoms with Crippen LogP contribution in [-0.2, 0) is 35.3 Å². The van der Waals surface area contributed by atoms with E-state index < -0.39 is 40.0 Å². The molecule has 0 heterocycles. The highest BCUT2D eigenvalue weighted by atomic mass is 32.2. The molecule has 212 valence electrons. The van der Waals surface area contributed by atoms with Gasteiger partial charge in [0.25, 0.3) is 0 Å². The molecule has 9 nitrogen and oxygen atoms in total. The van der Waals surface area contributed by atoms with Crippen molar-refractivity contribution in [3.63, 3.8) is 0 Å². The first-order valence-corrected chi connectivity index (χ1v) is 15.5. The van der Waals surface area contributed by atoms with Crippen molar-refractivity contribution < 1.29 is 27.5 Å². The van der Waals surface area contributed by atoms with E-state index in [0.717, 1.165) is 18.2 Å². The highest BCUT2D eigenvalue weighted by Crippen LogP contribution is 2.13. The van der Waals surface area contributed by atoms with Gasteiger partial charge in [0.05, 0.1) is 18.5 Å². The molecular weight excluding hydrogens is 514 g/mol. The molecule has 4 N–H and O–H groups in total. The predicted molar refractivity (Wildman–Crippen MR) is 150 cm³/mol. The summed E-state index contributed by atoms with van der Waals surface area (Å²) in [6, 6.07) is 8.17. The number of thiol groups is 1. The summed E-state index contributed by atoms with van der Waals surface area (Å²) < 4.78 is 34.9. The van der Waals surface area contributed by atoms with Crippen LogP contribution in [0.1, 0.15) is 46.1 Å². The number of amides is 1. The van der Waals surface area contributed by atoms with E-state index in [1.54, 1.807) is 13.8 Å². The minimum Gasteiger partial charge on any atom is -0.461 e. The maximum absolute atomic E-state index is 13.4. The third kappa shape index (κ3) is 14.2. The summed E-state index contributed by atoms with van der Waals surface area (Å²) in [6.07, 6.45) is 0.875. The Morgan fingerprint density at radius 1 is 1.14 bits per heavy atom. The number of carbonyl (C=O) groups excluding carboxylic acids is 2. The lowest BCUT2D eigenvalue weighted by Gasteiger charge is -2.28. The largest absolute Gasteiger partial charge is 0.461 e. The molecule has 0 aliphatic heterocycles. The zero-order chi connectivity index (χ0) is 28.0. The molecule has 0 bridgehead atoms. The Hall–Kier alpha value is -1.66. The normalized spacial score (nSPS) is 16.0. The van der Waals surface area contributed by atoms with Crippen LogP contribution >= 0.6 is 12.6 Å². The van der Waals surface area contributed by atoms with E-state index >= 15 is 0 Å². The zero-order valence-electron chi connectivity index (χ0n) is 22.7. The van der Waals surface area contributed by atoms with Gasteiger partial charge in [0.1, 0.15) is 22.0 Å². The Morgan fingerprint density at radius 2 is 1.78 bits per heavy atom. The third-order valence-electron chi connectivity index (χ3n) is 5.97. The van der Waals surface area contributed by atoms with Crippen molar-refractivity contribution in [2.75, 3.05) is 30.9 Å². The molecule has 0 aliphatic carbocycles. The van der Waals surface area contributed by atoms with Crippen LogP contribution < -0.4 is 16.4 Å². The lowest BCUT2D eigenvalue weighted by Crippen LogP contribution is -2.50. The SMILES string of the molecule is CC[C@H](C)C(COC(Cc1ccccc1)C(=O)N[C@H](CCS(C)(=O)=O)C(=O)OC(C)C)NCC(N)CS. The van der Waals surface area contributed by atoms with Gasteiger partial charge in [-0.25, -0.2) is 13.2 Å². The summed E-state index contributed by atoms with van der Waals surface area (Å²) in [5, 5.41) is 6.11. The highest BCUT2D eigenvalue weighted by Gasteiger charge is 2.30. The number of esters is 1. The van der Waals surface area contributed by atoms with Crippen LogP contribution in [0, 0.1) is 5.92 Å². The summed E-state index contributed by atoms with van der Waals surface area (Å²) in [6.45, 7) is 8.38. The number of ether oxygens (including phenoxy) is 2. The van der Waals surface area contributed by atoms with Crippen molar-refractivity contribution in [1.29, 1.82) is 0 Å². The Kier molecular flexibility index (Phi) is 15.4. The molecular formula is C26H45N3O6S2. The lowest BCUT2D eigenvalue weighted by molar-refractivity contribution is -0.153. The monoisotopic (exact) mass is 559 g/mol. The Labute approximate surface area is 228 Å². The van der Waals surface area contributed by atoms with Crippen LogP contribution in [0.2, 0.25) is 0 Å². The van der Waals surface area contributed by atoms with Gasteiger partial charge in [-0.3, -0.25) is 4.79 Å². The molecule has 0 radical (unpaired) electrons. The molecule has 1 rings (SSSR count). The van der Waals surface area contributed by atoms with E-state index in [2.05, 4.69) is 37.1 Å². The minimum absolute atomic E-state index is 0.0473. The average Bonchev–Trinajstić information content (AvgIpc) is 2.84. The maximum atomic E-state index is 13.4. The topological polar surface area (TPSA) is 137 Å². The van der Waals surface area contributed by atoms with Gasteiger partial charge in [-0.05, 0) is 31.7 Å². The number of hydrogen-bond acceptors (Lipinski definition) is 9. The minimum atomic E-state index is -3.35. The van der Waals surface area contributed by atoms with Gasteiger partial charge in [0.2, 0.25) is 5.91 Å². The zero-order valence-corrected chi connectivity index (χ0v) is 24.4. The number of nitrogens with one attached hydrogen (secondary N) is 2. The van der Waals surface area contributed by atoms with Crippen molar-refractivity contribution in [3.8, 4) is 0 Å². The second-order valence-corrected chi connectivity index (χ2v) is 12.4. The van der Waals surface area contributed by atoms with Gasteiger partial charge in [-0.1, -0.05) is 50.6 Å². The summed E-state index contributed by atoms with van der Waals surface area (Å²) in [7, 11) is -3.35. The Balaban J connectivity index is 3.08.